The minimum absolute atomic E-state index is 0.0860. The van der Waals surface area contributed by atoms with Crippen molar-refractivity contribution in [2.45, 2.75) is 19.4 Å². The van der Waals surface area contributed by atoms with Gasteiger partial charge in [-0.15, -0.1) is 0 Å². The van der Waals surface area contributed by atoms with E-state index in [2.05, 4.69) is 10.2 Å². The molecule has 0 spiro atoms. The van der Waals surface area contributed by atoms with E-state index in [0.29, 0.717) is 13.2 Å². The molecule has 1 aromatic carbocycles. The number of nitrogens with zero attached hydrogens (tertiary/aromatic N) is 1. The summed E-state index contributed by atoms with van der Waals surface area (Å²) in [6, 6.07) is 7.92. The van der Waals surface area contributed by atoms with Crippen LogP contribution < -0.4 is 5.32 Å². The lowest BCUT2D eigenvalue weighted by Gasteiger charge is -2.32. The van der Waals surface area contributed by atoms with Crippen LogP contribution in [0.25, 0.3) is 0 Å². The fourth-order valence-corrected chi connectivity index (χ4v) is 2.81. The molecule has 1 atom stereocenters. The molecule has 1 N–H and O–H groups in total. The van der Waals surface area contributed by atoms with Gasteiger partial charge in [-0.2, -0.15) is 0 Å². The van der Waals surface area contributed by atoms with Gasteiger partial charge in [0.05, 0.1) is 12.5 Å². The lowest BCUT2D eigenvalue weighted by atomic mass is 9.96. The Morgan fingerprint density at radius 3 is 2.90 bits per heavy atom. The minimum Gasteiger partial charge on any atom is -0.383 e. The van der Waals surface area contributed by atoms with Gasteiger partial charge in [-0.05, 0) is 37.1 Å². The quantitative estimate of drug-likeness (QED) is 0.820. The number of amides is 1. The molecule has 0 saturated carbocycles. The Labute approximate surface area is 131 Å². The van der Waals surface area contributed by atoms with Crippen LogP contribution in [-0.4, -0.2) is 44.2 Å². The predicted octanol–water partition coefficient (Wildman–Crippen LogP) is 2.31. The molecule has 0 bridgehead atoms. The summed E-state index contributed by atoms with van der Waals surface area (Å²) in [6.07, 6.45) is 2.03. The van der Waals surface area contributed by atoms with Crippen LogP contribution in [0, 0.1) is 5.92 Å². The van der Waals surface area contributed by atoms with Gasteiger partial charge in [0, 0.05) is 31.8 Å². The molecule has 0 unspecified atom stereocenters. The van der Waals surface area contributed by atoms with E-state index < -0.39 is 0 Å². The van der Waals surface area contributed by atoms with E-state index in [4.69, 9.17) is 16.3 Å². The van der Waals surface area contributed by atoms with Crippen molar-refractivity contribution in [2.75, 3.05) is 33.4 Å². The molecule has 1 saturated heterocycles. The Hall–Kier alpha value is -1.10. The van der Waals surface area contributed by atoms with Gasteiger partial charge in [-0.1, -0.05) is 23.7 Å². The third-order valence-corrected chi connectivity index (χ3v) is 4.05. The van der Waals surface area contributed by atoms with E-state index in [1.54, 1.807) is 7.11 Å². The molecule has 21 heavy (non-hydrogen) atoms. The van der Waals surface area contributed by atoms with Gasteiger partial charge >= 0.3 is 0 Å². The predicted molar refractivity (Wildman–Crippen MR) is 84.3 cm³/mol. The normalized spacial score (nSPS) is 19.4. The number of nitrogens with one attached hydrogen (secondary N) is 1. The SMILES string of the molecule is COCCNC(=O)[C@H]1CCCN(Cc2ccc(Cl)cc2)C1. The monoisotopic (exact) mass is 310 g/mol. The summed E-state index contributed by atoms with van der Waals surface area (Å²) in [5.41, 5.74) is 1.24. The second kappa shape index (κ2) is 8.37. The van der Waals surface area contributed by atoms with Crippen molar-refractivity contribution in [3.63, 3.8) is 0 Å². The molecule has 1 fully saturated rings. The molecule has 5 heteroatoms. The zero-order chi connectivity index (χ0) is 15.1. The van der Waals surface area contributed by atoms with Crippen LogP contribution in [0.2, 0.25) is 5.02 Å². The molecule has 1 heterocycles. The van der Waals surface area contributed by atoms with Gasteiger partial charge in [-0.3, -0.25) is 9.69 Å². The van der Waals surface area contributed by atoms with Gasteiger partial charge in [0.1, 0.15) is 0 Å². The summed E-state index contributed by atoms with van der Waals surface area (Å²) in [4.78, 5) is 14.4. The van der Waals surface area contributed by atoms with Gasteiger partial charge in [-0.25, -0.2) is 0 Å². The van der Waals surface area contributed by atoms with Gasteiger partial charge in [0.2, 0.25) is 5.91 Å². The first-order valence-corrected chi connectivity index (χ1v) is 7.80. The molecular weight excluding hydrogens is 288 g/mol. The third kappa shape index (κ3) is 5.30. The molecule has 2 rings (SSSR count). The van der Waals surface area contributed by atoms with E-state index >= 15 is 0 Å². The van der Waals surface area contributed by atoms with Crippen molar-refractivity contribution < 1.29 is 9.53 Å². The Morgan fingerprint density at radius 2 is 2.19 bits per heavy atom. The number of halogens is 1. The fourth-order valence-electron chi connectivity index (χ4n) is 2.68. The number of ether oxygens (including phenoxy) is 1. The van der Waals surface area contributed by atoms with Crippen LogP contribution in [-0.2, 0) is 16.1 Å². The summed E-state index contributed by atoms with van der Waals surface area (Å²) in [7, 11) is 1.64. The van der Waals surface area contributed by atoms with Crippen LogP contribution in [0.1, 0.15) is 18.4 Å². The maximum Gasteiger partial charge on any atom is 0.224 e. The number of rotatable bonds is 6. The maximum atomic E-state index is 12.1. The number of piperidine rings is 1. The van der Waals surface area contributed by atoms with Crippen molar-refractivity contribution in [3.05, 3.63) is 34.9 Å². The Kier molecular flexibility index (Phi) is 6.49. The summed E-state index contributed by atoms with van der Waals surface area (Å²) >= 11 is 5.90. The Bertz CT molecular complexity index is 450. The first-order valence-electron chi connectivity index (χ1n) is 7.42. The molecule has 1 amide bonds. The van der Waals surface area contributed by atoms with E-state index in [9.17, 15) is 4.79 Å². The lowest BCUT2D eigenvalue weighted by molar-refractivity contribution is -0.127. The van der Waals surface area contributed by atoms with Crippen LogP contribution in [0.4, 0.5) is 0 Å². The van der Waals surface area contributed by atoms with Crippen molar-refractivity contribution in [2.24, 2.45) is 5.92 Å². The summed E-state index contributed by atoms with van der Waals surface area (Å²) < 4.78 is 4.95. The van der Waals surface area contributed by atoms with Crippen molar-refractivity contribution in [1.82, 2.24) is 10.2 Å². The second-order valence-electron chi connectivity index (χ2n) is 5.48. The van der Waals surface area contributed by atoms with E-state index in [1.807, 2.05) is 24.3 Å². The third-order valence-electron chi connectivity index (χ3n) is 3.80. The molecule has 116 valence electrons. The highest BCUT2D eigenvalue weighted by Gasteiger charge is 2.25. The molecule has 1 aliphatic heterocycles. The van der Waals surface area contributed by atoms with Gasteiger partial charge in [0.25, 0.3) is 0 Å². The van der Waals surface area contributed by atoms with Crippen LogP contribution in [0.15, 0.2) is 24.3 Å². The Morgan fingerprint density at radius 1 is 1.43 bits per heavy atom. The zero-order valence-electron chi connectivity index (χ0n) is 12.5. The Balaban J connectivity index is 1.82. The highest BCUT2D eigenvalue weighted by Crippen LogP contribution is 2.19. The van der Waals surface area contributed by atoms with Crippen molar-refractivity contribution >= 4 is 17.5 Å². The standard InChI is InChI=1S/C16H23ClN2O2/c1-21-10-8-18-16(20)14-3-2-9-19(12-14)11-13-4-6-15(17)7-5-13/h4-7,14H,2-3,8-12H2,1H3,(H,18,20)/t14-/m0/s1. The number of hydrogen-bond acceptors (Lipinski definition) is 3. The number of likely N-dealkylation sites (tertiary alicyclic amines) is 1. The number of benzene rings is 1. The molecule has 4 nitrogen and oxygen atoms in total. The average Bonchev–Trinajstić information content (AvgIpc) is 2.50. The lowest BCUT2D eigenvalue weighted by Crippen LogP contribution is -2.43. The van der Waals surface area contributed by atoms with Gasteiger partial charge < -0.3 is 10.1 Å². The van der Waals surface area contributed by atoms with Crippen molar-refractivity contribution in [3.8, 4) is 0 Å². The van der Waals surface area contributed by atoms with E-state index in [1.165, 1.54) is 5.56 Å². The first kappa shape index (κ1) is 16.3. The van der Waals surface area contributed by atoms with Crippen LogP contribution in [0.3, 0.4) is 0 Å². The maximum absolute atomic E-state index is 12.1. The van der Waals surface area contributed by atoms with Crippen LogP contribution >= 0.6 is 11.6 Å². The summed E-state index contributed by atoms with van der Waals surface area (Å²) in [5.74, 6) is 0.232. The first-order chi connectivity index (χ1) is 10.2. The smallest absolute Gasteiger partial charge is 0.224 e. The average molecular weight is 311 g/mol. The zero-order valence-corrected chi connectivity index (χ0v) is 13.2. The van der Waals surface area contributed by atoms with E-state index in [0.717, 1.165) is 37.5 Å². The second-order valence-corrected chi connectivity index (χ2v) is 5.92. The number of methoxy groups -OCH3 is 1. The summed E-state index contributed by atoms with van der Waals surface area (Å²) in [6.45, 7) is 3.89. The molecule has 0 aliphatic carbocycles. The minimum atomic E-state index is 0.0860. The highest BCUT2D eigenvalue weighted by molar-refractivity contribution is 6.30. The topological polar surface area (TPSA) is 41.6 Å². The number of carbonyl (C=O) groups excluding carboxylic acids is 1. The highest BCUT2D eigenvalue weighted by atomic mass is 35.5. The molecule has 1 aliphatic rings. The molecule has 0 radical (unpaired) electrons. The number of hydrogen-bond donors (Lipinski definition) is 1. The largest absolute Gasteiger partial charge is 0.383 e. The summed E-state index contributed by atoms with van der Waals surface area (Å²) in [5, 5.41) is 3.69. The molecule has 1 aromatic rings. The molecule has 0 aromatic heterocycles. The van der Waals surface area contributed by atoms with Gasteiger partial charge in [0.15, 0.2) is 0 Å². The molecular formula is C16H23ClN2O2. The van der Waals surface area contributed by atoms with Crippen molar-refractivity contribution in [1.29, 1.82) is 0 Å². The number of carbonyl (C=O) groups is 1. The van der Waals surface area contributed by atoms with Crippen LogP contribution in [0.5, 0.6) is 0 Å². The fraction of sp³-hybridized carbons (Fsp3) is 0.562. The van der Waals surface area contributed by atoms with E-state index in [-0.39, 0.29) is 11.8 Å².